The Morgan fingerprint density at radius 1 is 1.30 bits per heavy atom. The topological polar surface area (TPSA) is 59.5 Å². The zero-order chi connectivity index (χ0) is 19.2. The number of pyridine rings is 1. The van der Waals surface area contributed by atoms with Gasteiger partial charge in [-0.3, -0.25) is 14.6 Å². The number of carbonyl (C=O) groups is 2. The lowest BCUT2D eigenvalue weighted by Crippen LogP contribution is -2.52. The van der Waals surface area contributed by atoms with Crippen LogP contribution in [0, 0.1) is 13.8 Å². The molecule has 140 valence electrons. The number of aryl methyl sites for hydroxylation is 1. The molecule has 1 spiro atoms. The minimum atomic E-state index is -0.539. The second-order valence-electron chi connectivity index (χ2n) is 7.42. The molecular weight excluding hydrogens is 364 g/mol. The Balaban J connectivity index is 1.54. The molecule has 3 heterocycles. The van der Waals surface area contributed by atoms with Crippen molar-refractivity contribution >= 4 is 23.3 Å². The number of aromatic nitrogens is 1. The van der Waals surface area contributed by atoms with Gasteiger partial charge in [-0.05, 0) is 43.2 Å². The Morgan fingerprint density at radius 3 is 2.70 bits per heavy atom. The van der Waals surface area contributed by atoms with Crippen molar-refractivity contribution in [1.82, 2.24) is 9.88 Å². The molecule has 4 rings (SSSR count). The van der Waals surface area contributed by atoms with E-state index >= 15 is 0 Å². The maximum absolute atomic E-state index is 12.9. The SMILES string of the molecule is Cc1cc2c(c(C)c1Cl)C(=O)CC1(CCN(C(=O)c3cccnc3)CC1)O2. The van der Waals surface area contributed by atoms with E-state index < -0.39 is 5.60 Å². The summed E-state index contributed by atoms with van der Waals surface area (Å²) in [4.78, 5) is 31.3. The molecule has 0 saturated carbocycles. The summed E-state index contributed by atoms with van der Waals surface area (Å²) in [6.07, 6.45) is 4.82. The monoisotopic (exact) mass is 384 g/mol. The van der Waals surface area contributed by atoms with Crippen LogP contribution < -0.4 is 4.74 Å². The number of rotatable bonds is 1. The van der Waals surface area contributed by atoms with E-state index in [2.05, 4.69) is 4.98 Å². The standard InChI is InChI=1S/C21H21ClN2O3/c1-13-10-17-18(14(2)19(13)22)16(25)11-21(27-17)5-8-24(9-6-21)20(26)15-4-3-7-23-12-15/h3-4,7,10,12H,5-6,8-9,11H2,1-2H3. The maximum atomic E-state index is 12.9. The lowest BCUT2D eigenvalue weighted by atomic mass is 9.81. The van der Waals surface area contributed by atoms with Gasteiger partial charge in [0.2, 0.25) is 0 Å². The smallest absolute Gasteiger partial charge is 0.255 e. The predicted octanol–water partition coefficient (Wildman–Crippen LogP) is 3.99. The third-order valence-corrected chi connectivity index (χ3v) is 6.18. The van der Waals surface area contributed by atoms with Gasteiger partial charge in [-0.25, -0.2) is 0 Å². The first-order valence-electron chi connectivity index (χ1n) is 9.11. The Bertz CT molecular complexity index is 919. The van der Waals surface area contributed by atoms with Crippen LogP contribution in [0.1, 0.15) is 51.1 Å². The Labute approximate surface area is 163 Å². The minimum absolute atomic E-state index is 0.0287. The van der Waals surface area contributed by atoms with Crippen LogP contribution in [0.25, 0.3) is 0 Å². The molecule has 1 saturated heterocycles. The molecule has 1 aromatic heterocycles. The van der Waals surface area contributed by atoms with Gasteiger partial charge in [0.25, 0.3) is 5.91 Å². The van der Waals surface area contributed by atoms with E-state index in [1.807, 2.05) is 24.8 Å². The van der Waals surface area contributed by atoms with E-state index in [0.29, 0.717) is 54.3 Å². The summed E-state index contributed by atoms with van der Waals surface area (Å²) in [6.45, 7) is 4.90. The molecule has 1 amide bonds. The highest BCUT2D eigenvalue weighted by Gasteiger charge is 2.44. The molecule has 0 unspecified atom stereocenters. The first kappa shape index (κ1) is 18.0. The number of ether oxygens (including phenoxy) is 1. The van der Waals surface area contributed by atoms with Crippen molar-refractivity contribution < 1.29 is 14.3 Å². The van der Waals surface area contributed by atoms with Gasteiger partial charge < -0.3 is 9.64 Å². The third kappa shape index (κ3) is 3.10. The highest BCUT2D eigenvalue weighted by molar-refractivity contribution is 6.32. The predicted molar refractivity (Wildman–Crippen MR) is 103 cm³/mol. The fraction of sp³-hybridized carbons (Fsp3) is 0.381. The maximum Gasteiger partial charge on any atom is 0.255 e. The summed E-state index contributed by atoms with van der Waals surface area (Å²) in [5, 5.41) is 0.624. The van der Waals surface area contributed by atoms with Gasteiger partial charge in [0.05, 0.1) is 17.5 Å². The summed E-state index contributed by atoms with van der Waals surface area (Å²) >= 11 is 6.31. The van der Waals surface area contributed by atoms with Gasteiger partial charge in [-0.1, -0.05) is 11.6 Å². The summed E-state index contributed by atoms with van der Waals surface area (Å²) in [6, 6.07) is 5.39. The molecule has 2 aliphatic heterocycles. The van der Waals surface area contributed by atoms with Gasteiger partial charge >= 0.3 is 0 Å². The van der Waals surface area contributed by atoms with Crippen molar-refractivity contribution in [3.05, 3.63) is 57.9 Å². The summed E-state index contributed by atoms with van der Waals surface area (Å²) in [5.41, 5.74) is 2.34. The number of hydrogen-bond donors (Lipinski definition) is 0. The molecule has 2 aromatic rings. The minimum Gasteiger partial charge on any atom is -0.486 e. The van der Waals surface area contributed by atoms with Crippen LogP contribution in [-0.4, -0.2) is 40.3 Å². The summed E-state index contributed by atoms with van der Waals surface area (Å²) in [5.74, 6) is 0.666. The molecule has 5 nitrogen and oxygen atoms in total. The van der Waals surface area contributed by atoms with E-state index in [9.17, 15) is 9.59 Å². The number of piperidine rings is 1. The molecular formula is C21H21ClN2O3. The summed E-state index contributed by atoms with van der Waals surface area (Å²) < 4.78 is 6.35. The molecule has 6 heteroatoms. The Hall–Kier alpha value is -2.40. The van der Waals surface area contributed by atoms with E-state index in [0.717, 1.165) is 11.1 Å². The average Bonchev–Trinajstić information content (AvgIpc) is 2.66. The van der Waals surface area contributed by atoms with Gasteiger partial charge in [0.1, 0.15) is 11.4 Å². The third-order valence-electron chi connectivity index (χ3n) is 5.60. The molecule has 0 aliphatic carbocycles. The van der Waals surface area contributed by atoms with E-state index in [-0.39, 0.29) is 11.7 Å². The molecule has 0 bridgehead atoms. The summed E-state index contributed by atoms with van der Waals surface area (Å²) in [7, 11) is 0. The molecule has 27 heavy (non-hydrogen) atoms. The Morgan fingerprint density at radius 2 is 2.04 bits per heavy atom. The zero-order valence-electron chi connectivity index (χ0n) is 15.4. The molecule has 1 aromatic carbocycles. The number of amides is 1. The van der Waals surface area contributed by atoms with Crippen molar-refractivity contribution in [2.75, 3.05) is 13.1 Å². The van der Waals surface area contributed by atoms with Crippen LogP contribution in [-0.2, 0) is 0 Å². The van der Waals surface area contributed by atoms with Crippen LogP contribution in [0.4, 0.5) is 0 Å². The largest absolute Gasteiger partial charge is 0.486 e. The quantitative estimate of drug-likeness (QED) is 0.745. The van der Waals surface area contributed by atoms with Crippen LogP contribution in [0.5, 0.6) is 5.75 Å². The van der Waals surface area contributed by atoms with E-state index in [1.54, 1.807) is 24.5 Å². The molecule has 0 N–H and O–H groups in total. The molecule has 0 radical (unpaired) electrons. The molecule has 1 fully saturated rings. The van der Waals surface area contributed by atoms with E-state index in [4.69, 9.17) is 16.3 Å². The highest BCUT2D eigenvalue weighted by Crippen LogP contribution is 2.43. The van der Waals surface area contributed by atoms with Gasteiger partial charge in [-0.15, -0.1) is 0 Å². The van der Waals surface area contributed by atoms with Crippen molar-refractivity contribution in [3.63, 3.8) is 0 Å². The van der Waals surface area contributed by atoms with Gasteiger partial charge in [-0.2, -0.15) is 0 Å². The van der Waals surface area contributed by atoms with Crippen molar-refractivity contribution in [2.45, 2.75) is 38.7 Å². The Kier molecular flexibility index (Phi) is 4.42. The second-order valence-corrected chi connectivity index (χ2v) is 7.80. The number of ketones is 1. The van der Waals surface area contributed by atoms with Crippen molar-refractivity contribution in [3.8, 4) is 5.75 Å². The number of nitrogens with zero attached hydrogens (tertiary/aromatic N) is 2. The number of halogens is 1. The fourth-order valence-corrected chi connectivity index (χ4v) is 4.22. The highest BCUT2D eigenvalue weighted by atomic mass is 35.5. The first-order chi connectivity index (χ1) is 12.9. The molecule has 2 aliphatic rings. The number of benzene rings is 1. The van der Waals surface area contributed by atoms with E-state index in [1.165, 1.54) is 0 Å². The number of fused-ring (bicyclic) bond motifs is 1. The average molecular weight is 385 g/mol. The second kappa shape index (κ2) is 6.64. The van der Waals surface area contributed by atoms with Crippen LogP contribution in [0.2, 0.25) is 5.02 Å². The molecule has 0 atom stereocenters. The van der Waals surface area contributed by atoms with Crippen molar-refractivity contribution in [1.29, 1.82) is 0 Å². The number of hydrogen-bond acceptors (Lipinski definition) is 4. The first-order valence-corrected chi connectivity index (χ1v) is 9.49. The lowest BCUT2D eigenvalue weighted by Gasteiger charge is -2.44. The van der Waals surface area contributed by atoms with Crippen molar-refractivity contribution in [2.24, 2.45) is 0 Å². The van der Waals surface area contributed by atoms with Crippen LogP contribution in [0.3, 0.4) is 0 Å². The normalized spacial score (nSPS) is 18.2. The van der Waals surface area contributed by atoms with Gasteiger partial charge in [0, 0.05) is 43.3 Å². The van der Waals surface area contributed by atoms with Gasteiger partial charge in [0.15, 0.2) is 5.78 Å². The number of Topliss-reactive ketones (excluding diaryl/α,β-unsaturated/α-hetero) is 1. The lowest BCUT2D eigenvalue weighted by molar-refractivity contribution is -0.00581. The number of likely N-dealkylation sites (tertiary alicyclic amines) is 1. The van der Waals surface area contributed by atoms with Crippen LogP contribution in [0.15, 0.2) is 30.6 Å². The fourth-order valence-electron chi connectivity index (χ4n) is 4.07. The number of carbonyl (C=O) groups excluding carboxylic acids is 2. The van der Waals surface area contributed by atoms with Crippen LogP contribution >= 0.6 is 11.6 Å². The zero-order valence-corrected chi connectivity index (χ0v) is 16.2.